The van der Waals surface area contributed by atoms with Crippen molar-refractivity contribution in [1.29, 1.82) is 0 Å². The summed E-state index contributed by atoms with van der Waals surface area (Å²) in [5, 5.41) is 5.24. The molecule has 7 heteroatoms. The number of rotatable bonds is 4. The van der Waals surface area contributed by atoms with Gasteiger partial charge < -0.3 is 16.4 Å². The van der Waals surface area contributed by atoms with Gasteiger partial charge in [-0.15, -0.1) is 0 Å². The summed E-state index contributed by atoms with van der Waals surface area (Å²) in [4.78, 5) is 27.2. The third kappa shape index (κ3) is 4.78. The SMILES string of the molecule is CC(=O)NC(C(=O)Nc1ccc(N)nc1)C(C)(C)S. The van der Waals surface area contributed by atoms with Crippen LogP contribution in [0.25, 0.3) is 0 Å². The van der Waals surface area contributed by atoms with Crippen LogP contribution in [-0.2, 0) is 9.59 Å². The van der Waals surface area contributed by atoms with Gasteiger partial charge in [0.05, 0.1) is 11.9 Å². The number of thiol groups is 1. The average molecular weight is 282 g/mol. The second-order valence-corrected chi connectivity index (χ2v) is 5.90. The number of hydrogen-bond acceptors (Lipinski definition) is 5. The maximum atomic E-state index is 12.1. The van der Waals surface area contributed by atoms with E-state index in [1.165, 1.54) is 13.1 Å². The van der Waals surface area contributed by atoms with Crippen molar-refractivity contribution >= 4 is 35.9 Å². The smallest absolute Gasteiger partial charge is 0.248 e. The zero-order valence-electron chi connectivity index (χ0n) is 11.1. The molecule has 1 aromatic heterocycles. The number of pyridine rings is 1. The van der Waals surface area contributed by atoms with Crippen molar-refractivity contribution < 1.29 is 9.59 Å². The minimum atomic E-state index is -0.758. The molecule has 0 fully saturated rings. The van der Waals surface area contributed by atoms with Crippen molar-refractivity contribution in [1.82, 2.24) is 10.3 Å². The number of aromatic nitrogens is 1. The normalized spacial score (nSPS) is 12.6. The van der Waals surface area contributed by atoms with Gasteiger partial charge in [-0.3, -0.25) is 9.59 Å². The van der Waals surface area contributed by atoms with Crippen LogP contribution in [0.3, 0.4) is 0 Å². The first-order valence-corrected chi connectivity index (χ1v) is 6.16. The molecule has 1 rings (SSSR count). The Hall–Kier alpha value is -1.76. The molecule has 0 aromatic carbocycles. The molecule has 19 heavy (non-hydrogen) atoms. The molecule has 0 aliphatic carbocycles. The highest BCUT2D eigenvalue weighted by molar-refractivity contribution is 7.81. The molecule has 0 aliphatic rings. The molecule has 1 aromatic rings. The lowest BCUT2D eigenvalue weighted by molar-refractivity contribution is -0.125. The van der Waals surface area contributed by atoms with E-state index in [-0.39, 0.29) is 11.8 Å². The fourth-order valence-corrected chi connectivity index (χ4v) is 1.64. The number of nitrogens with one attached hydrogen (secondary N) is 2. The molecular weight excluding hydrogens is 264 g/mol. The molecule has 104 valence electrons. The highest BCUT2D eigenvalue weighted by Crippen LogP contribution is 2.19. The number of amides is 2. The number of carbonyl (C=O) groups is 2. The van der Waals surface area contributed by atoms with Crippen LogP contribution >= 0.6 is 12.6 Å². The van der Waals surface area contributed by atoms with Crippen LogP contribution < -0.4 is 16.4 Å². The van der Waals surface area contributed by atoms with E-state index in [4.69, 9.17) is 5.73 Å². The fraction of sp³-hybridized carbons (Fsp3) is 0.417. The van der Waals surface area contributed by atoms with Crippen LogP contribution in [0.15, 0.2) is 18.3 Å². The molecule has 0 saturated heterocycles. The first-order chi connectivity index (χ1) is 8.70. The number of carbonyl (C=O) groups excluding carboxylic acids is 2. The minimum Gasteiger partial charge on any atom is -0.384 e. The molecule has 1 heterocycles. The van der Waals surface area contributed by atoms with Crippen LogP contribution in [0.2, 0.25) is 0 Å². The number of anilines is 2. The van der Waals surface area contributed by atoms with Gasteiger partial charge in [-0.1, -0.05) is 0 Å². The summed E-state index contributed by atoms with van der Waals surface area (Å²) in [6.45, 7) is 4.85. The Labute approximate surface area is 117 Å². The number of nitrogen functional groups attached to an aromatic ring is 1. The molecule has 1 unspecified atom stereocenters. The van der Waals surface area contributed by atoms with Crippen molar-refractivity contribution in [2.45, 2.75) is 31.6 Å². The number of nitrogens with zero attached hydrogens (tertiary/aromatic N) is 1. The van der Waals surface area contributed by atoms with Gasteiger partial charge in [0.2, 0.25) is 11.8 Å². The Balaban J connectivity index is 2.82. The van der Waals surface area contributed by atoms with Crippen LogP contribution in [0.1, 0.15) is 20.8 Å². The molecule has 6 nitrogen and oxygen atoms in total. The van der Waals surface area contributed by atoms with Gasteiger partial charge in [0.25, 0.3) is 0 Å². The molecule has 4 N–H and O–H groups in total. The van der Waals surface area contributed by atoms with Gasteiger partial charge in [-0.05, 0) is 26.0 Å². The van der Waals surface area contributed by atoms with Crippen LogP contribution in [0.4, 0.5) is 11.5 Å². The third-order valence-corrected chi connectivity index (χ3v) is 2.63. The third-order valence-electron chi connectivity index (χ3n) is 2.37. The second-order valence-electron chi connectivity index (χ2n) is 4.75. The lowest BCUT2D eigenvalue weighted by Crippen LogP contribution is -2.53. The predicted octanol–water partition coefficient (Wildman–Crippen LogP) is 0.815. The zero-order valence-corrected chi connectivity index (χ0v) is 12.0. The number of hydrogen-bond donors (Lipinski definition) is 4. The highest BCUT2D eigenvalue weighted by Gasteiger charge is 2.33. The quantitative estimate of drug-likeness (QED) is 0.615. The topological polar surface area (TPSA) is 97.1 Å². The molecule has 0 spiro atoms. The Bertz CT molecular complexity index is 468. The van der Waals surface area contributed by atoms with E-state index in [0.717, 1.165) is 0 Å². The maximum Gasteiger partial charge on any atom is 0.248 e. The van der Waals surface area contributed by atoms with Crippen molar-refractivity contribution in [2.24, 2.45) is 0 Å². The fourth-order valence-electron chi connectivity index (χ4n) is 1.46. The van der Waals surface area contributed by atoms with E-state index >= 15 is 0 Å². The van der Waals surface area contributed by atoms with Gasteiger partial charge >= 0.3 is 0 Å². The van der Waals surface area contributed by atoms with Crippen LogP contribution in [0.5, 0.6) is 0 Å². The first kappa shape index (κ1) is 15.3. The van der Waals surface area contributed by atoms with Gasteiger partial charge in [0.1, 0.15) is 11.9 Å². The van der Waals surface area contributed by atoms with E-state index in [0.29, 0.717) is 11.5 Å². The monoisotopic (exact) mass is 282 g/mol. The first-order valence-electron chi connectivity index (χ1n) is 5.72. The maximum absolute atomic E-state index is 12.1. The predicted molar refractivity (Wildman–Crippen MR) is 77.9 cm³/mol. The average Bonchev–Trinajstić information content (AvgIpc) is 2.27. The lowest BCUT2D eigenvalue weighted by Gasteiger charge is -2.29. The Kier molecular flexibility index (Phi) is 4.77. The van der Waals surface area contributed by atoms with E-state index in [1.807, 2.05) is 0 Å². The summed E-state index contributed by atoms with van der Waals surface area (Å²) >= 11 is 4.34. The van der Waals surface area contributed by atoms with Crippen molar-refractivity contribution in [3.05, 3.63) is 18.3 Å². The van der Waals surface area contributed by atoms with Gasteiger partial charge in [-0.2, -0.15) is 12.6 Å². The van der Waals surface area contributed by atoms with Crippen molar-refractivity contribution in [2.75, 3.05) is 11.1 Å². The standard InChI is InChI=1S/C12H18N4O2S/c1-7(17)15-10(12(2,3)19)11(18)16-8-4-5-9(13)14-6-8/h4-6,10,19H,1-3H3,(H2,13,14)(H,15,17)(H,16,18). The Morgan fingerprint density at radius 1 is 1.42 bits per heavy atom. The molecular formula is C12H18N4O2S. The minimum absolute atomic E-state index is 0.294. The summed E-state index contributed by atoms with van der Waals surface area (Å²) in [5.74, 6) is -0.287. The zero-order chi connectivity index (χ0) is 14.6. The van der Waals surface area contributed by atoms with E-state index in [1.54, 1.807) is 26.0 Å². The summed E-state index contributed by atoms with van der Waals surface area (Å²) in [6, 6.07) is 2.46. The highest BCUT2D eigenvalue weighted by atomic mass is 32.1. The van der Waals surface area contributed by atoms with E-state index in [2.05, 4.69) is 28.2 Å². The Morgan fingerprint density at radius 2 is 2.05 bits per heavy atom. The van der Waals surface area contributed by atoms with Gasteiger partial charge in [0.15, 0.2) is 0 Å². The van der Waals surface area contributed by atoms with Gasteiger partial charge in [0, 0.05) is 11.7 Å². The summed E-state index contributed by atoms with van der Waals surface area (Å²) in [7, 11) is 0. The van der Waals surface area contributed by atoms with Crippen LogP contribution in [0, 0.1) is 0 Å². The lowest BCUT2D eigenvalue weighted by atomic mass is 10.0. The van der Waals surface area contributed by atoms with Crippen molar-refractivity contribution in [3.8, 4) is 0 Å². The van der Waals surface area contributed by atoms with E-state index < -0.39 is 10.8 Å². The van der Waals surface area contributed by atoms with Crippen molar-refractivity contribution in [3.63, 3.8) is 0 Å². The second kappa shape index (κ2) is 5.92. The molecule has 2 amide bonds. The largest absolute Gasteiger partial charge is 0.384 e. The van der Waals surface area contributed by atoms with Gasteiger partial charge in [-0.25, -0.2) is 4.98 Å². The summed E-state index contributed by atoms with van der Waals surface area (Å²) in [5.41, 5.74) is 5.97. The molecule has 0 radical (unpaired) electrons. The summed E-state index contributed by atoms with van der Waals surface area (Å²) in [6.07, 6.45) is 1.45. The molecule has 1 atom stereocenters. The van der Waals surface area contributed by atoms with Crippen LogP contribution in [-0.4, -0.2) is 27.6 Å². The Morgan fingerprint density at radius 3 is 2.47 bits per heavy atom. The summed E-state index contributed by atoms with van der Waals surface area (Å²) < 4.78 is -0.697. The number of nitrogens with two attached hydrogens (primary N) is 1. The molecule has 0 aliphatic heterocycles. The molecule has 0 saturated carbocycles. The molecule has 0 bridgehead atoms. The van der Waals surface area contributed by atoms with E-state index in [9.17, 15) is 9.59 Å².